The van der Waals surface area contributed by atoms with E-state index >= 15 is 0 Å². The minimum atomic E-state index is -3.25. The fraction of sp³-hybridized carbons (Fsp3) is 0.333. The van der Waals surface area contributed by atoms with Crippen molar-refractivity contribution < 1.29 is 18.0 Å². The highest BCUT2D eigenvalue weighted by atomic mass is 32.2. The second-order valence-electron chi connectivity index (χ2n) is 3.05. The maximum absolute atomic E-state index is 11.1. The van der Waals surface area contributed by atoms with E-state index in [-0.39, 0.29) is 18.7 Å². The Hall–Kier alpha value is -1.43. The summed E-state index contributed by atoms with van der Waals surface area (Å²) in [4.78, 5) is 23.1. The quantitative estimate of drug-likeness (QED) is 0.615. The van der Waals surface area contributed by atoms with Crippen molar-refractivity contribution in [3.05, 3.63) is 24.1 Å². The summed E-state index contributed by atoms with van der Waals surface area (Å²) in [7, 11) is -3.25. The van der Waals surface area contributed by atoms with Crippen molar-refractivity contribution in [2.75, 3.05) is 12.3 Å². The zero-order chi connectivity index (χ0) is 11.5. The van der Waals surface area contributed by atoms with Gasteiger partial charge in [-0.25, -0.2) is 8.42 Å². The average molecular weight is 229 g/mol. The van der Waals surface area contributed by atoms with Crippen molar-refractivity contribution in [3.63, 3.8) is 0 Å². The predicted molar refractivity (Wildman–Crippen MR) is 54.5 cm³/mol. The molecule has 0 aliphatic carbocycles. The van der Waals surface area contributed by atoms with Crippen LogP contribution >= 0.6 is 0 Å². The SMILES string of the molecule is C=CS(=O)(=O)CCCN1C(=O)C=CC1=O. The topological polar surface area (TPSA) is 71.5 Å². The molecule has 0 unspecified atom stereocenters. The summed E-state index contributed by atoms with van der Waals surface area (Å²) < 4.78 is 22.0. The van der Waals surface area contributed by atoms with Gasteiger partial charge in [0.1, 0.15) is 0 Å². The van der Waals surface area contributed by atoms with Gasteiger partial charge >= 0.3 is 0 Å². The summed E-state index contributed by atoms with van der Waals surface area (Å²) in [6.07, 6.45) is 2.57. The highest BCUT2D eigenvalue weighted by Gasteiger charge is 2.22. The Labute approximate surface area is 88.0 Å². The molecule has 0 aromatic heterocycles. The molecule has 0 saturated heterocycles. The lowest BCUT2D eigenvalue weighted by Crippen LogP contribution is -2.31. The van der Waals surface area contributed by atoms with Crippen LogP contribution in [0.2, 0.25) is 0 Å². The molecule has 0 radical (unpaired) electrons. The van der Waals surface area contributed by atoms with E-state index in [9.17, 15) is 18.0 Å². The van der Waals surface area contributed by atoms with Crippen LogP contribution in [-0.4, -0.2) is 37.4 Å². The highest BCUT2D eigenvalue weighted by Crippen LogP contribution is 2.05. The number of hydrogen-bond acceptors (Lipinski definition) is 4. The third-order valence-electron chi connectivity index (χ3n) is 1.97. The standard InChI is InChI=1S/C9H11NO4S/c1-2-15(13,14)7-3-6-10-8(11)4-5-9(10)12/h2,4-5H,1,3,6-7H2. The van der Waals surface area contributed by atoms with Crippen LogP contribution in [0.25, 0.3) is 0 Å². The number of carbonyl (C=O) groups excluding carboxylic acids is 2. The van der Waals surface area contributed by atoms with Crippen LogP contribution < -0.4 is 0 Å². The van der Waals surface area contributed by atoms with Gasteiger partial charge in [0.25, 0.3) is 11.8 Å². The van der Waals surface area contributed by atoms with Gasteiger partial charge in [-0.1, -0.05) is 6.58 Å². The molecule has 0 aromatic rings. The number of rotatable bonds is 5. The van der Waals surface area contributed by atoms with Crippen molar-refractivity contribution in [2.45, 2.75) is 6.42 Å². The first kappa shape index (κ1) is 11.6. The summed E-state index contributed by atoms with van der Waals surface area (Å²) in [6, 6.07) is 0. The van der Waals surface area contributed by atoms with Gasteiger partial charge in [-0.2, -0.15) is 0 Å². The lowest BCUT2D eigenvalue weighted by Gasteiger charge is -2.12. The molecule has 5 nitrogen and oxygen atoms in total. The van der Waals surface area contributed by atoms with Crippen molar-refractivity contribution in [2.24, 2.45) is 0 Å². The zero-order valence-corrected chi connectivity index (χ0v) is 8.87. The maximum atomic E-state index is 11.1. The van der Waals surface area contributed by atoms with E-state index in [1.807, 2.05) is 0 Å². The fourth-order valence-electron chi connectivity index (χ4n) is 1.16. The molecule has 0 N–H and O–H groups in total. The van der Waals surface area contributed by atoms with Gasteiger partial charge < -0.3 is 0 Å². The first-order chi connectivity index (χ1) is 6.96. The number of hydrogen-bond donors (Lipinski definition) is 0. The van der Waals surface area contributed by atoms with Crippen LogP contribution in [0.1, 0.15) is 6.42 Å². The van der Waals surface area contributed by atoms with E-state index < -0.39 is 21.7 Å². The molecule has 2 amide bonds. The molecule has 82 valence electrons. The molecule has 0 bridgehead atoms. The second-order valence-corrected chi connectivity index (χ2v) is 5.12. The van der Waals surface area contributed by atoms with Gasteiger partial charge in [0.15, 0.2) is 9.84 Å². The lowest BCUT2D eigenvalue weighted by molar-refractivity contribution is -0.136. The maximum Gasteiger partial charge on any atom is 0.253 e. The van der Waals surface area contributed by atoms with Gasteiger partial charge in [0.05, 0.1) is 5.75 Å². The van der Waals surface area contributed by atoms with E-state index in [0.717, 1.165) is 10.3 Å². The Bertz CT molecular complexity index is 403. The summed E-state index contributed by atoms with van der Waals surface area (Å²) >= 11 is 0. The molecule has 15 heavy (non-hydrogen) atoms. The van der Waals surface area contributed by atoms with Crippen LogP contribution in [0.4, 0.5) is 0 Å². The highest BCUT2D eigenvalue weighted by molar-refractivity contribution is 7.94. The normalized spacial score (nSPS) is 16.1. The second kappa shape index (κ2) is 4.39. The summed E-state index contributed by atoms with van der Waals surface area (Å²) in [6.45, 7) is 3.29. The average Bonchev–Trinajstić information content (AvgIpc) is 2.49. The predicted octanol–water partition coefficient (Wildman–Crippen LogP) is -0.140. The minimum absolute atomic E-state index is 0.104. The number of nitrogens with zero attached hydrogens (tertiary/aromatic N) is 1. The molecule has 0 saturated carbocycles. The van der Waals surface area contributed by atoms with E-state index in [0.29, 0.717) is 0 Å². The molecule has 1 rings (SSSR count). The summed E-state index contributed by atoms with van der Waals surface area (Å²) in [5.41, 5.74) is 0. The molecule has 0 atom stereocenters. The molecule has 1 heterocycles. The van der Waals surface area contributed by atoms with E-state index in [4.69, 9.17) is 0 Å². The largest absolute Gasteiger partial charge is 0.275 e. The van der Waals surface area contributed by atoms with Crippen LogP contribution in [0.15, 0.2) is 24.1 Å². The van der Waals surface area contributed by atoms with E-state index in [2.05, 4.69) is 6.58 Å². The van der Waals surface area contributed by atoms with Crippen LogP contribution in [0.5, 0.6) is 0 Å². The fourth-order valence-corrected chi connectivity index (χ4v) is 1.86. The van der Waals surface area contributed by atoms with Crippen molar-refractivity contribution in [3.8, 4) is 0 Å². The van der Waals surface area contributed by atoms with E-state index in [1.54, 1.807) is 0 Å². The zero-order valence-electron chi connectivity index (χ0n) is 8.05. The van der Waals surface area contributed by atoms with Crippen molar-refractivity contribution >= 4 is 21.7 Å². The van der Waals surface area contributed by atoms with Crippen molar-refractivity contribution in [1.82, 2.24) is 4.90 Å². The molecule has 1 aliphatic heterocycles. The number of amides is 2. The van der Waals surface area contributed by atoms with E-state index in [1.165, 1.54) is 12.2 Å². The number of sulfone groups is 1. The Kier molecular flexibility index (Phi) is 3.41. The van der Waals surface area contributed by atoms with Gasteiger partial charge in [-0.15, -0.1) is 0 Å². The number of imide groups is 1. The van der Waals surface area contributed by atoms with Crippen LogP contribution in [0.3, 0.4) is 0 Å². The van der Waals surface area contributed by atoms with Gasteiger partial charge in [-0.3, -0.25) is 14.5 Å². The third-order valence-corrected chi connectivity index (χ3v) is 3.33. The van der Waals surface area contributed by atoms with Crippen LogP contribution in [-0.2, 0) is 19.4 Å². The monoisotopic (exact) mass is 229 g/mol. The smallest absolute Gasteiger partial charge is 0.253 e. The third kappa shape index (κ3) is 3.02. The molecular weight excluding hydrogens is 218 g/mol. The lowest BCUT2D eigenvalue weighted by atomic mass is 10.4. The Morgan fingerprint density at radius 2 is 1.80 bits per heavy atom. The minimum Gasteiger partial charge on any atom is -0.275 e. The molecule has 6 heteroatoms. The van der Waals surface area contributed by atoms with Gasteiger partial charge in [0.2, 0.25) is 0 Å². The molecule has 0 fully saturated rings. The summed E-state index contributed by atoms with van der Waals surface area (Å²) in [5.74, 6) is -0.889. The Morgan fingerprint density at radius 1 is 1.27 bits per heavy atom. The van der Waals surface area contributed by atoms with Gasteiger partial charge in [-0.05, 0) is 6.42 Å². The van der Waals surface area contributed by atoms with Crippen LogP contribution in [0, 0.1) is 0 Å². The first-order valence-corrected chi connectivity index (χ1v) is 6.06. The molecule has 0 spiro atoms. The number of carbonyl (C=O) groups is 2. The molecule has 0 aromatic carbocycles. The van der Waals surface area contributed by atoms with Gasteiger partial charge in [0, 0.05) is 24.1 Å². The Morgan fingerprint density at radius 3 is 2.27 bits per heavy atom. The first-order valence-electron chi connectivity index (χ1n) is 4.35. The summed E-state index contributed by atoms with van der Waals surface area (Å²) in [5, 5.41) is 0.874. The molecular formula is C9H11NO4S. The van der Waals surface area contributed by atoms with Crippen molar-refractivity contribution in [1.29, 1.82) is 0 Å². The Balaban J connectivity index is 2.43. The molecule has 1 aliphatic rings.